The fraction of sp³-hybridized carbons (Fsp3) is 0.500. The quantitative estimate of drug-likeness (QED) is 0.811. The van der Waals surface area contributed by atoms with Crippen LogP contribution < -0.4 is 16.0 Å². The molecular weight excluding hydrogens is 367 g/mol. The minimum atomic E-state index is -1.16. The molecule has 152 valence electrons. The fourth-order valence-corrected chi connectivity index (χ4v) is 3.33. The molecule has 1 aromatic carbocycles. The van der Waals surface area contributed by atoms with Crippen LogP contribution in [0.3, 0.4) is 0 Å². The summed E-state index contributed by atoms with van der Waals surface area (Å²) < 4.78 is 27.0. The summed E-state index contributed by atoms with van der Waals surface area (Å²) in [6.45, 7) is 5.74. The van der Waals surface area contributed by atoms with Crippen LogP contribution in [0.2, 0.25) is 0 Å². The van der Waals surface area contributed by atoms with Gasteiger partial charge < -0.3 is 14.6 Å². The largest absolute Gasteiger partial charge is 0.490 e. The number of nitrogens with zero attached hydrogens (tertiary/aromatic N) is 2. The van der Waals surface area contributed by atoms with Crippen molar-refractivity contribution in [1.29, 1.82) is 0 Å². The number of aliphatic hydroxyl groups excluding tert-OH is 1. The average Bonchev–Trinajstić information content (AvgIpc) is 3.19. The van der Waals surface area contributed by atoms with Crippen LogP contribution in [0, 0.1) is 26.6 Å². The summed E-state index contributed by atoms with van der Waals surface area (Å²) in [5.74, 6) is -0.406. The molecular formula is C20H25FN2O5. The molecule has 3 rings (SSSR count). The van der Waals surface area contributed by atoms with Crippen LogP contribution in [-0.4, -0.2) is 33.6 Å². The summed E-state index contributed by atoms with van der Waals surface area (Å²) in [6, 6.07) is 3.90. The monoisotopic (exact) mass is 392 g/mol. The third-order valence-corrected chi connectivity index (χ3v) is 5.06. The summed E-state index contributed by atoms with van der Waals surface area (Å²) in [4.78, 5) is 24.7. The molecule has 0 saturated carbocycles. The van der Waals surface area contributed by atoms with Crippen LogP contribution in [0.1, 0.15) is 35.8 Å². The standard InChI is InChI=1S/C20H25FN2O5/c1-12-6-7-13(2)18(14(12)3)28-11-15(24)9-23-19(25)16(21)10-22(20(23)26)17-5-4-8-27-17/h6-7,10,15,17,24H,4-5,8-9,11H2,1-3H3/t15-,17+/m0/s1. The predicted molar refractivity (Wildman–Crippen MR) is 101 cm³/mol. The number of hydrogen-bond acceptors (Lipinski definition) is 5. The lowest BCUT2D eigenvalue weighted by Gasteiger charge is -2.19. The molecule has 2 atom stereocenters. The Balaban J connectivity index is 1.79. The van der Waals surface area contributed by atoms with Crippen LogP contribution in [0.25, 0.3) is 0 Å². The van der Waals surface area contributed by atoms with E-state index in [4.69, 9.17) is 9.47 Å². The van der Waals surface area contributed by atoms with Crippen molar-refractivity contribution in [2.45, 2.75) is 52.5 Å². The lowest BCUT2D eigenvalue weighted by atomic mass is 10.1. The Bertz CT molecular complexity index is 976. The molecule has 1 saturated heterocycles. The minimum absolute atomic E-state index is 0.131. The van der Waals surface area contributed by atoms with E-state index in [9.17, 15) is 19.1 Å². The molecule has 2 heterocycles. The summed E-state index contributed by atoms with van der Waals surface area (Å²) in [6.07, 6.45) is 0.433. The number of hydrogen-bond donors (Lipinski definition) is 1. The molecule has 0 spiro atoms. The van der Waals surface area contributed by atoms with E-state index in [0.29, 0.717) is 23.3 Å². The highest BCUT2D eigenvalue weighted by atomic mass is 19.1. The van der Waals surface area contributed by atoms with Crippen LogP contribution in [0.15, 0.2) is 27.9 Å². The van der Waals surface area contributed by atoms with Gasteiger partial charge in [-0.15, -0.1) is 0 Å². The highest BCUT2D eigenvalue weighted by Gasteiger charge is 2.23. The maximum Gasteiger partial charge on any atom is 0.333 e. The summed E-state index contributed by atoms with van der Waals surface area (Å²) in [5.41, 5.74) is 1.15. The first-order valence-corrected chi connectivity index (χ1v) is 9.30. The van der Waals surface area contributed by atoms with Crippen molar-refractivity contribution in [3.63, 3.8) is 0 Å². The highest BCUT2D eigenvalue weighted by molar-refractivity contribution is 5.44. The number of ether oxygens (including phenoxy) is 2. The van der Waals surface area contributed by atoms with Gasteiger partial charge in [0.2, 0.25) is 5.82 Å². The zero-order valence-electron chi connectivity index (χ0n) is 16.3. The second-order valence-electron chi connectivity index (χ2n) is 7.17. The van der Waals surface area contributed by atoms with E-state index in [2.05, 4.69) is 0 Å². The Morgan fingerprint density at radius 2 is 2.00 bits per heavy atom. The third kappa shape index (κ3) is 4.02. The fourth-order valence-electron chi connectivity index (χ4n) is 3.33. The van der Waals surface area contributed by atoms with Crippen molar-refractivity contribution in [3.05, 3.63) is 61.7 Å². The molecule has 28 heavy (non-hydrogen) atoms. The molecule has 1 aliphatic heterocycles. The van der Waals surface area contributed by atoms with Crippen LogP contribution in [-0.2, 0) is 11.3 Å². The first kappa shape index (κ1) is 20.3. The van der Waals surface area contributed by atoms with Crippen molar-refractivity contribution in [1.82, 2.24) is 9.13 Å². The van der Waals surface area contributed by atoms with Crippen molar-refractivity contribution >= 4 is 0 Å². The lowest BCUT2D eigenvalue weighted by molar-refractivity contribution is 0.0476. The van der Waals surface area contributed by atoms with E-state index < -0.39 is 29.4 Å². The number of aromatic nitrogens is 2. The molecule has 2 aromatic rings. The van der Waals surface area contributed by atoms with E-state index in [1.165, 1.54) is 0 Å². The first-order valence-electron chi connectivity index (χ1n) is 9.30. The molecule has 7 nitrogen and oxygen atoms in total. The maximum atomic E-state index is 14.1. The first-order chi connectivity index (χ1) is 13.3. The van der Waals surface area contributed by atoms with Gasteiger partial charge in [0, 0.05) is 6.61 Å². The predicted octanol–water partition coefficient (Wildman–Crippen LogP) is 1.82. The summed E-state index contributed by atoms with van der Waals surface area (Å²) >= 11 is 0. The molecule has 1 fully saturated rings. The Labute approximate surface area is 162 Å². The van der Waals surface area contributed by atoms with E-state index in [0.717, 1.165) is 33.9 Å². The van der Waals surface area contributed by atoms with Gasteiger partial charge in [0.25, 0.3) is 5.56 Å². The Morgan fingerprint density at radius 1 is 1.29 bits per heavy atom. The number of rotatable bonds is 6. The van der Waals surface area contributed by atoms with Crippen LogP contribution >= 0.6 is 0 Å². The second-order valence-corrected chi connectivity index (χ2v) is 7.17. The van der Waals surface area contributed by atoms with E-state index in [1.54, 1.807) is 0 Å². The van der Waals surface area contributed by atoms with Gasteiger partial charge in [0.15, 0.2) is 0 Å². The molecule has 0 amide bonds. The Morgan fingerprint density at radius 3 is 2.68 bits per heavy atom. The average molecular weight is 392 g/mol. The number of aryl methyl sites for hydroxylation is 2. The second kappa shape index (κ2) is 8.28. The molecule has 1 N–H and O–H groups in total. The van der Waals surface area contributed by atoms with Gasteiger partial charge in [-0.05, 0) is 50.3 Å². The molecule has 0 bridgehead atoms. The normalized spacial score (nSPS) is 17.7. The van der Waals surface area contributed by atoms with Crippen molar-refractivity contribution in [3.8, 4) is 5.75 Å². The molecule has 1 aliphatic rings. The van der Waals surface area contributed by atoms with Gasteiger partial charge in [-0.25, -0.2) is 4.79 Å². The molecule has 8 heteroatoms. The molecule has 0 radical (unpaired) electrons. The minimum Gasteiger partial charge on any atom is -0.490 e. The van der Waals surface area contributed by atoms with Crippen molar-refractivity contribution in [2.75, 3.05) is 13.2 Å². The molecule has 1 aromatic heterocycles. The van der Waals surface area contributed by atoms with Crippen LogP contribution in [0.4, 0.5) is 4.39 Å². The highest BCUT2D eigenvalue weighted by Crippen LogP contribution is 2.26. The lowest BCUT2D eigenvalue weighted by Crippen LogP contribution is -2.45. The van der Waals surface area contributed by atoms with Gasteiger partial charge in [-0.1, -0.05) is 12.1 Å². The van der Waals surface area contributed by atoms with Crippen LogP contribution in [0.5, 0.6) is 5.75 Å². The van der Waals surface area contributed by atoms with E-state index in [-0.39, 0.29) is 13.2 Å². The number of aliphatic hydroxyl groups is 1. The van der Waals surface area contributed by atoms with E-state index >= 15 is 0 Å². The summed E-state index contributed by atoms with van der Waals surface area (Å²) in [7, 11) is 0. The van der Waals surface area contributed by atoms with Gasteiger partial charge in [-0.3, -0.25) is 13.9 Å². The van der Waals surface area contributed by atoms with Gasteiger partial charge in [0.1, 0.15) is 24.7 Å². The van der Waals surface area contributed by atoms with Gasteiger partial charge >= 0.3 is 5.69 Å². The smallest absolute Gasteiger partial charge is 0.333 e. The van der Waals surface area contributed by atoms with Crippen molar-refractivity contribution in [2.24, 2.45) is 0 Å². The zero-order chi connectivity index (χ0) is 20.4. The Hall–Kier alpha value is -2.45. The SMILES string of the molecule is Cc1ccc(C)c(OC[C@@H](O)Cn2c(=O)c(F)cn([C@H]3CCCO3)c2=O)c1C. The zero-order valence-corrected chi connectivity index (χ0v) is 16.3. The van der Waals surface area contributed by atoms with Crippen molar-refractivity contribution < 1.29 is 19.0 Å². The third-order valence-electron chi connectivity index (χ3n) is 5.06. The summed E-state index contributed by atoms with van der Waals surface area (Å²) in [5, 5.41) is 10.3. The molecule has 0 unspecified atom stereocenters. The van der Waals surface area contributed by atoms with Gasteiger partial charge in [-0.2, -0.15) is 4.39 Å². The molecule has 0 aliphatic carbocycles. The maximum absolute atomic E-state index is 14.1. The van der Waals surface area contributed by atoms with Gasteiger partial charge in [0.05, 0.1) is 12.7 Å². The van der Waals surface area contributed by atoms with E-state index in [1.807, 2.05) is 32.9 Å². The number of halogens is 1. The topological polar surface area (TPSA) is 82.7 Å². The number of benzene rings is 1. The Kier molecular flexibility index (Phi) is 6.00.